The van der Waals surface area contributed by atoms with Gasteiger partial charge in [-0.15, -0.1) is 0 Å². The van der Waals surface area contributed by atoms with Crippen molar-refractivity contribution in [2.75, 3.05) is 11.1 Å². The van der Waals surface area contributed by atoms with Crippen molar-refractivity contribution in [3.63, 3.8) is 0 Å². The van der Waals surface area contributed by atoms with E-state index in [0.29, 0.717) is 21.4 Å². The maximum atomic E-state index is 12.2. The van der Waals surface area contributed by atoms with E-state index >= 15 is 0 Å². The second kappa shape index (κ2) is 5.73. The predicted octanol–water partition coefficient (Wildman–Crippen LogP) is 3.28. The Balaban J connectivity index is 2.20. The molecule has 20 heavy (non-hydrogen) atoms. The summed E-state index contributed by atoms with van der Waals surface area (Å²) >= 11 is 11.9. The maximum absolute atomic E-state index is 12.2. The van der Waals surface area contributed by atoms with Gasteiger partial charge in [0.15, 0.2) is 0 Å². The van der Waals surface area contributed by atoms with Crippen molar-refractivity contribution < 1.29 is 4.79 Å². The Morgan fingerprint density at radius 2 is 2.15 bits per heavy atom. The molecule has 106 valence electrons. The van der Waals surface area contributed by atoms with E-state index in [1.165, 1.54) is 12.1 Å². The molecule has 1 atom stereocenters. The van der Waals surface area contributed by atoms with Gasteiger partial charge in [-0.3, -0.25) is 9.48 Å². The van der Waals surface area contributed by atoms with Crippen LogP contribution >= 0.6 is 23.2 Å². The van der Waals surface area contributed by atoms with Gasteiger partial charge < -0.3 is 11.1 Å². The fraction of sp³-hybridized carbons (Fsp3) is 0.231. The summed E-state index contributed by atoms with van der Waals surface area (Å²) in [7, 11) is 0. The van der Waals surface area contributed by atoms with Crippen LogP contribution in [0.25, 0.3) is 0 Å². The summed E-state index contributed by atoms with van der Waals surface area (Å²) in [6.45, 7) is 3.59. The minimum absolute atomic E-state index is 0.260. The predicted molar refractivity (Wildman–Crippen MR) is 81.2 cm³/mol. The number of aromatic nitrogens is 2. The number of aryl methyl sites for hydroxylation is 1. The van der Waals surface area contributed by atoms with E-state index in [4.69, 9.17) is 28.9 Å². The number of amides is 1. The molecule has 1 unspecified atom stereocenters. The number of carbonyl (C=O) groups is 1. The van der Waals surface area contributed by atoms with Gasteiger partial charge in [0.25, 0.3) is 0 Å². The maximum Gasteiger partial charge on any atom is 0.249 e. The van der Waals surface area contributed by atoms with Crippen LogP contribution in [0.3, 0.4) is 0 Å². The molecule has 2 aromatic rings. The monoisotopic (exact) mass is 312 g/mol. The van der Waals surface area contributed by atoms with Gasteiger partial charge in [-0.25, -0.2) is 0 Å². The molecule has 0 saturated heterocycles. The molecule has 0 aliphatic carbocycles. The number of nitrogens with two attached hydrogens (primary N) is 1. The third-order valence-corrected chi connectivity index (χ3v) is 3.37. The molecule has 0 bridgehead atoms. The van der Waals surface area contributed by atoms with Crippen LogP contribution in [0.1, 0.15) is 18.7 Å². The smallest absolute Gasteiger partial charge is 0.249 e. The molecule has 0 radical (unpaired) electrons. The zero-order valence-corrected chi connectivity index (χ0v) is 12.5. The van der Waals surface area contributed by atoms with Crippen molar-refractivity contribution >= 4 is 40.5 Å². The van der Waals surface area contributed by atoms with Gasteiger partial charge in [-0.2, -0.15) is 5.10 Å². The summed E-state index contributed by atoms with van der Waals surface area (Å²) in [6.07, 6.45) is 1.74. The Bertz CT molecular complexity index is 631. The SMILES string of the molecule is Cc1ccn(C(C)C(=O)Nc2c(N)cc(Cl)cc2Cl)n1. The van der Waals surface area contributed by atoms with Gasteiger partial charge in [-0.05, 0) is 32.0 Å². The number of carbonyl (C=O) groups excluding carboxylic acids is 1. The first kappa shape index (κ1) is 14.7. The van der Waals surface area contributed by atoms with E-state index in [9.17, 15) is 4.79 Å². The van der Waals surface area contributed by atoms with Crippen molar-refractivity contribution in [3.05, 3.63) is 40.1 Å². The molecular formula is C13H14Cl2N4O. The number of halogens is 2. The summed E-state index contributed by atoms with van der Waals surface area (Å²) in [5.74, 6) is -0.260. The highest BCUT2D eigenvalue weighted by Gasteiger charge is 2.18. The standard InChI is InChI=1S/C13H14Cl2N4O/c1-7-3-4-19(18-7)8(2)13(20)17-12-10(15)5-9(14)6-11(12)16/h3-6,8H,16H2,1-2H3,(H,17,20). The third-order valence-electron chi connectivity index (χ3n) is 2.85. The number of nitrogen functional groups attached to an aromatic ring is 1. The molecule has 1 amide bonds. The lowest BCUT2D eigenvalue weighted by atomic mass is 10.2. The highest BCUT2D eigenvalue weighted by atomic mass is 35.5. The fourth-order valence-electron chi connectivity index (χ4n) is 1.72. The van der Waals surface area contributed by atoms with Crippen molar-refractivity contribution in [2.45, 2.75) is 19.9 Å². The molecule has 0 fully saturated rings. The van der Waals surface area contributed by atoms with Crippen molar-refractivity contribution in [2.24, 2.45) is 0 Å². The lowest BCUT2D eigenvalue weighted by Crippen LogP contribution is -2.24. The summed E-state index contributed by atoms with van der Waals surface area (Å²) in [5.41, 5.74) is 7.33. The van der Waals surface area contributed by atoms with Crippen LogP contribution in [-0.4, -0.2) is 15.7 Å². The summed E-state index contributed by atoms with van der Waals surface area (Å²) in [4.78, 5) is 12.2. The Morgan fingerprint density at radius 3 is 2.70 bits per heavy atom. The van der Waals surface area contributed by atoms with Crippen molar-refractivity contribution in [1.82, 2.24) is 9.78 Å². The second-order valence-electron chi connectivity index (χ2n) is 4.45. The van der Waals surface area contributed by atoms with Crippen molar-refractivity contribution in [3.8, 4) is 0 Å². The zero-order chi connectivity index (χ0) is 14.9. The minimum atomic E-state index is -0.477. The van der Waals surface area contributed by atoms with Gasteiger partial charge in [0.1, 0.15) is 6.04 Å². The molecule has 1 aromatic heterocycles. The number of benzene rings is 1. The van der Waals surface area contributed by atoms with E-state index in [1.807, 2.05) is 13.0 Å². The van der Waals surface area contributed by atoms with Crippen LogP contribution in [0.4, 0.5) is 11.4 Å². The average Bonchev–Trinajstić information content (AvgIpc) is 2.79. The first-order chi connectivity index (χ1) is 9.38. The Labute approximate surface area is 126 Å². The fourth-order valence-corrected chi connectivity index (χ4v) is 2.28. The molecule has 2 rings (SSSR count). The van der Waals surface area contributed by atoms with E-state index in [0.717, 1.165) is 5.69 Å². The number of rotatable bonds is 3. The number of nitrogens with zero attached hydrogens (tertiary/aromatic N) is 2. The number of hydrogen-bond donors (Lipinski definition) is 2. The van der Waals surface area contributed by atoms with Gasteiger partial charge in [0.2, 0.25) is 5.91 Å². The number of hydrogen-bond acceptors (Lipinski definition) is 3. The van der Waals surface area contributed by atoms with Crippen LogP contribution < -0.4 is 11.1 Å². The lowest BCUT2D eigenvalue weighted by Gasteiger charge is -2.15. The lowest BCUT2D eigenvalue weighted by molar-refractivity contribution is -0.119. The highest BCUT2D eigenvalue weighted by molar-refractivity contribution is 6.37. The Kier molecular flexibility index (Phi) is 4.20. The Hall–Kier alpha value is -1.72. The Morgan fingerprint density at radius 1 is 1.45 bits per heavy atom. The third kappa shape index (κ3) is 3.05. The molecule has 0 spiro atoms. The molecule has 0 aliphatic rings. The van der Waals surface area contributed by atoms with E-state index in [1.54, 1.807) is 17.8 Å². The summed E-state index contributed by atoms with van der Waals surface area (Å²) < 4.78 is 1.57. The number of nitrogens with one attached hydrogen (secondary N) is 1. The normalized spacial score (nSPS) is 12.2. The molecule has 0 aliphatic heterocycles. The largest absolute Gasteiger partial charge is 0.397 e. The molecular weight excluding hydrogens is 299 g/mol. The molecule has 3 N–H and O–H groups in total. The summed E-state index contributed by atoms with van der Waals surface area (Å²) in [5, 5.41) is 7.62. The quantitative estimate of drug-likeness (QED) is 0.854. The first-order valence-corrected chi connectivity index (χ1v) is 6.71. The van der Waals surface area contributed by atoms with Gasteiger partial charge in [0, 0.05) is 11.2 Å². The van der Waals surface area contributed by atoms with Gasteiger partial charge in [0.05, 0.1) is 22.1 Å². The van der Waals surface area contributed by atoms with Gasteiger partial charge >= 0.3 is 0 Å². The van der Waals surface area contributed by atoms with Crippen LogP contribution in [0.15, 0.2) is 24.4 Å². The highest BCUT2D eigenvalue weighted by Crippen LogP contribution is 2.32. The van der Waals surface area contributed by atoms with Crippen LogP contribution in [0.5, 0.6) is 0 Å². The molecule has 1 aromatic carbocycles. The molecule has 1 heterocycles. The van der Waals surface area contributed by atoms with Crippen LogP contribution in [0.2, 0.25) is 10.0 Å². The van der Waals surface area contributed by atoms with E-state index < -0.39 is 6.04 Å². The van der Waals surface area contributed by atoms with E-state index in [-0.39, 0.29) is 5.91 Å². The van der Waals surface area contributed by atoms with Crippen LogP contribution in [0, 0.1) is 6.92 Å². The molecule has 5 nitrogen and oxygen atoms in total. The summed E-state index contributed by atoms with van der Waals surface area (Å²) in [6, 6.07) is 4.41. The molecule has 7 heteroatoms. The second-order valence-corrected chi connectivity index (χ2v) is 5.30. The minimum Gasteiger partial charge on any atom is -0.397 e. The van der Waals surface area contributed by atoms with Crippen LogP contribution in [-0.2, 0) is 4.79 Å². The number of anilines is 2. The average molecular weight is 313 g/mol. The van der Waals surface area contributed by atoms with Crippen molar-refractivity contribution in [1.29, 1.82) is 0 Å². The van der Waals surface area contributed by atoms with E-state index in [2.05, 4.69) is 10.4 Å². The van der Waals surface area contributed by atoms with Gasteiger partial charge in [-0.1, -0.05) is 23.2 Å². The zero-order valence-electron chi connectivity index (χ0n) is 11.0. The molecule has 0 saturated carbocycles. The first-order valence-electron chi connectivity index (χ1n) is 5.95. The topological polar surface area (TPSA) is 72.9 Å².